The van der Waals surface area contributed by atoms with Crippen LogP contribution in [0.15, 0.2) is 0 Å². The van der Waals surface area contributed by atoms with Crippen molar-refractivity contribution < 1.29 is 80.2 Å². The quantitative estimate of drug-likeness (QED) is 0.0222. The Morgan fingerprint density at radius 1 is 0.265 bits per heavy atom. The zero-order chi connectivity index (χ0) is 75.1. The number of rotatable bonds is 81. The molecule has 0 bridgehead atoms. The van der Waals surface area contributed by atoms with Crippen LogP contribution in [-0.4, -0.2) is 96.7 Å². The van der Waals surface area contributed by atoms with E-state index in [1.54, 1.807) is 0 Å². The third kappa shape index (κ3) is 76.3. The highest BCUT2D eigenvalue weighted by Crippen LogP contribution is 2.45. The first-order valence-electron chi connectivity index (χ1n) is 42.8. The number of carbonyl (C=O) groups is 4. The van der Waals surface area contributed by atoms with Gasteiger partial charge < -0.3 is 33.8 Å². The Hall–Kier alpha value is -1.94. The maximum Gasteiger partial charge on any atom is 0.472 e. The lowest BCUT2D eigenvalue weighted by atomic mass is 10.0. The normalized spacial score (nSPS) is 13.9. The summed E-state index contributed by atoms with van der Waals surface area (Å²) in [7, 11) is -9.92. The van der Waals surface area contributed by atoms with Crippen molar-refractivity contribution in [2.45, 2.75) is 452 Å². The van der Waals surface area contributed by atoms with Crippen LogP contribution in [-0.2, 0) is 65.4 Å². The maximum absolute atomic E-state index is 13.1. The second-order valence-electron chi connectivity index (χ2n) is 31.3. The average molecular weight is 1490 g/mol. The maximum atomic E-state index is 13.1. The number of unbranched alkanes of at least 4 members (excludes halogenated alkanes) is 49. The van der Waals surface area contributed by atoms with Gasteiger partial charge in [0.2, 0.25) is 0 Å². The molecule has 5 atom stereocenters. The Balaban J connectivity index is 5.24. The molecule has 0 fully saturated rings. The van der Waals surface area contributed by atoms with Gasteiger partial charge in [0, 0.05) is 25.7 Å². The van der Waals surface area contributed by atoms with Gasteiger partial charge in [-0.3, -0.25) is 37.3 Å². The number of aliphatic hydroxyl groups is 1. The Kier molecular flexibility index (Phi) is 71.8. The molecule has 0 aliphatic carbocycles. The lowest BCUT2D eigenvalue weighted by molar-refractivity contribution is -0.161. The van der Waals surface area contributed by atoms with E-state index in [0.29, 0.717) is 31.6 Å². The molecule has 0 aliphatic rings. The standard InChI is InChI=1S/C83H162O17P2/c1-8-9-10-11-12-13-14-15-16-21-27-32-37-44-52-59-67-83(88)100-79(71-94-81(86)65-58-51-46-39-42-49-56-63-76(6)7)73-98-102(91,92)96-69-77(84)68-95-101(89,90)97-72-78(99-82(87)66-60-53-45-38-33-28-23-18-20-25-30-35-41-48-55-62-75(4)5)70-93-80(85)64-57-50-43-36-31-26-22-17-19-24-29-34-40-47-54-61-74(2)3/h74-79,84H,8-73H2,1-7H3,(H,89,90)(H,91,92)/t77-,78-,79-/m1/s1. The first-order chi connectivity index (χ1) is 49.2. The molecule has 0 rings (SSSR count). The second kappa shape index (κ2) is 73.2. The summed E-state index contributed by atoms with van der Waals surface area (Å²) in [5.74, 6) is 0.206. The van der Waals surface area contributed by atoms with Crippen molar-refractivity contribution in [3.63, 3.8) is 0 Å². The summed E-state index contributed by atoms with van der Waals surface area (Å²) >= 11 is 0. The minimum Gasteiger partial charge on any atom is -0.462 e. The van der Waals surface area contributed by atoms with Gasteiger partial charge in [-0.2, -0.15) is 0 Å². The molecule has 0 aliphatic heterocycles. The molecular formula is C83H162O17P2. The van der Waals surface area contributed by atoms with E-state index in [1.165, 1.54) is 238 Å². The summed E-state index contributed by atoms with van der Waals surface area (Å²) in [5.41, 5.74) is 0. The Morgan fingerprint density at radius 3 is 0.667 bits per heavy atom. The molecule has 17 nitrogen and oxygen atoms in total. The number of phosphoric acid groups is 2. The fraction of sp³-hybridized carbons (Fsp3) is 0.952. The summed E-state index contributed by atoms with van der Waals surface area (Å²) < 4.78 is 68.8. The minimum absolute atomic E-state index is 0.107. The van der Waals surface area contributed by atoms with Gasteiger partial charge >= 0.3 is 39.5 Å². The molecule has 0 aromatic heterocycles. The van der Waals surface area contributed by atoms with Gasteiger partial charge in [0.15, 0.2) is 12.2 Å². The number of ether oxygens (including phenoxy) is 4. The van der Waals surface area contributed by atoms with E-state index >= 15 is 0 Å². The highest BCUT2D eigenvalue weighted by atomic mass is 31.2. The van der Waals surface area contributed by atoms with Crippen LogP contribution in [0.5, 0.6) is 0 Å². The van der Waals surface area contributed by atoms with Crippen molar-refractivity contribution >= 4 is 39.5 Å². The van der Waals surface area contributed by atoms with Gasteiger partial charge in [-0.25, -0.2) is 9.13 Å². The molecule has 102 heavy (non-hydrogen) atoms. The third-order valence-electron chi connectivity index (χ3n) is 19.4. The molecule has 0 amide bonds. The van der Waals surface area contributed by atoms with Gasteiger partial charge in [0.1, 0.15) is 19.3 Å². The summed E-state index contributed by atoms with van der Waals surface area (Å²) in [6.07, 6.45) is 62.5. The summed E-state index contributed by atoms with van der Waals surface area (Å²) in [5, 5.41) is 10.7. The van der Waals surface area contributed by atoms with E-state index in [1.807, 2.05) is 0 Å². The lowest BCUT2D eigenvalue weighted by Gasteiger charge is -2.21. The molecule has 606 valence electrons. The van der Waals surface area contributed by atoms with Crippen LogP contribution in [0, 0.1) is 17.8 Å². The van der Waals surface area contributed by atoms with Crippen molar-refractivity contribution in [3.8, 4) is 0 Å². The third-order valence-corrected chi connectivity index (χ3v) is 21.3. The van der Waals surface area contributed by atoms with Gasteiger partial charge in [-0.15, -0.1) is 0 Å². The molecule has 19 heteroatoms. The van der Waals surface area contributed by atoms with Crippen molar-refractivity contribution in [1.29, 1.82) is 0 Å². The zero-order valence-corrected chi connectivity index (χ0v) is 68.9. The number of phosphoric ester groups is 2. The summed E-state index contributed by atoms with van der Waals surface area (Å²) in [4.78, 5) is 73.1. The molecule has 0 spiro atoms. The Bertz CT molecular complexity index is 1970. The summed E-state index contributed by atoms with van der Waals surface area (Å²) in [6.45, 7) is 12.0. The Morgan fingerprint density at radius 2 is 0.451 bits per heavy atom. The fourth-order valence-electron chi connectivity index (χ4n) is 12.8. The van der Waals surface area contributed by atoms with E-state index in [0.717, 1.165) is 108 Å². The van der Waals surface area contributed by atoms with Crippen LogP contribution in [0.1, 0.15) is 434 Å². The lowest BCUT2D eigenvalue weighted by Crippen LogP contribution is -2.30. The molecule has 0 aromatic rings. The highest BCUT2D eigenvalue weighted by Gasteiger charge is 2.30. The Labute approximate surface area is 626 Å². The van der Waals surface area contributed by atoms with Crippen LogP contribution in [0.25, 0.3) is 0 Å². The molecule has 0 saturated heterocycles. The van der Waals surface area contributed by atoms with E-state index in [-0.39, 0.29) is 25.7 Å². The molecule has 2 unspecified atom stereocenters. The predicted octanol–water partition coefficient (Wildman–Crippen LogP) is 24.9. The predicted molar refractivity (Wildman–Crippen MR) is 418 cm³/mol. The molecule has 3 N–H and O–H groups in total. The SMILES string of the molecule is CCCCCCCCCCCCCCCCCCC(=O)O[C@H](COC(=O)CCCCCCCCCC(C)C)COP(=O)(O)OC[C@H](O)COP(=O)(O)OC[C@@H](COC(=O)CCCCCCCCCCCCCCCCCC(C)C)OC(=O)CCCCCCCCCCCCCCCCCC(C)C. The van der Waals surface area contributed by atoms with Crippen molar-refractivity contribution in [1.82, 2.24) is 0 Å². The summed E-state index contributed by atoms with van der Waals surface area (Å²) in [6, 6.07) is 0. The molecular weight excluding hydrogens is 1330 g/mol. The smallest absolute Gasteiger partial charge is 0.462 e. The first kappa shape index (κ1) is 100. The monoisotopic (exact) mass is 1490 g/mol. The van der Waals surface area contributed by atoms with E-state index < -0.39 is 97.5 Å². The average Bonchev–Trinajstić information content (AvgIpc) is 0.926. The molecule has 0 aromatic carbocycles. The number of hydrogen-bond acceptors (Lipinski definition) is 15. The van der Waals surface area contributed by atoms with Crippen LogP contribution < -0.4 is 0 Å². The van der Waals surface area contributed by atoms with Crippen molar-refractivity contribution in [2.24, 2.45) is 17.8 Å². The number of carbonyl (C=O) groups excluding carboxylic acids is 4. The van der Waals surface area contributed by atoms with Crippen LogP contribution in [0.4, 0.5) is 0 Å². The van der Waals surface area contributed by atoms with E-state index in [2.05, 4.69) is 48.5 Å². The number of hydrogen-bond donors (Lipinski definition) is 3. The van der Waals surface area contributed by atoms with Crippen molar-refractivity contribution in [3.05, 3.63) is 0 Å². The van der Waals surface area contributed by atoms with Crippen LogP contribution >= 0.6 is 15.6 Å². The zero-order valence-electron chi connectivity index (χ0n) is 67.1. The number of esters is 4. The van der Waals surface area contributed by atoms with Gasteiger partial charge in [0.05, 0.1) is 26.4 Å². The topological polar surface area (TPSA) is 237 Å². The van der Waals surface area contributed by atoms with Crippen molar-refractivity contribution in [2.75, 3.05) is 39.6 Å². The first-order valence-corrected chi connectivity index (χ1v) is 45.8. The fourth-order valence-corrected chi connectivity index (χ4v) is 14.4. The second-order valence-corrected chi connectivity index (χ2v) is 34.2. The molecule has 0 heterocycles. The molecule has 0 radical (unpaired) electrons. The van der Waals surface area contributed by atoms with E-state index in [4.69, 9.17) is 37.0 Å². The van der Waals surface area contributed by atoms with Gasteiger partial charge in [0.25, 0.3) is 0 Å². The number of aliphatic hydroxyl groups excluding tert-OH is 1. The van der Waals surface area contributed by atoms with Gasteiger partial charge in [-0.05, 0) is 43.4 Å². The van der Waals surface area contributed by atoms with E-state index in [9.17, 15) is 43.2 Å². The minimum atomic E-state index is -4.96. The van der Waals surface area contributed by atoms with Gasteiger partial charge in [-0.1, -0.05) is 382 Å². The van der Waals surface area contributed by atoms with Crippen LogP contribution in [0.2, 0.25) is 0 Å². The largest absolute Gasteiger partial charge is 0.472 e. The molecule has 0 saturated carbocycles. The highest BCUT2D eigenvalue weighted by molar-refractivity contribution is 7.47. The van der Waals surface area contributed by atoms with Crippen LogP contribution in [0.3, 0.4) is 0 Å².